The van der Waals surface area contributed by atoms with Crippen molar-refractivity contribution in [3.63, 3.8) is 0 Å². The van der Waals surface area contributed by atoms with Gasteiger partial charge in [0, 0.05) is 25.7 Å². The molecular weight excluding hydrogens is 292 g/mol. The maximum absolute atomic E-state index is 10.9. The summed E-state index contributed by atoms with van der Waals surface area (Å²) in [5.74, 6) is 1.69. The summed E-state index contributed by atoms with van der Waals surface area (Å²) in [6.07, 6.45) is 5.53. The Morgan fingerprint density at radius 3 is 2.78 bits per heavy atom. The summed E-state index contributed by atoms with van der Waals surface area (Å²) in [6.45, 7) is 8.19. The normalized spacial score (nSPS) is 27.7. The number of aliphatic hydroxyl groups is 1. The molecule has 1 aliphatic carbocycles. The smallest absolute Gasteiger partial charge is 0.134 e. The van der Waals surface area contributed by atoms with Gasteiger partial charge >= 0.3 is 0 Å². The van der Waals surface area contributed by atoms with Gasteiger partial charge in [-0.3, -0.25) is 0 Å². The quantitative estimate of drug-likeness (QED) is 0.885. The third kappa shape index (κ3) is 4.32. The predicted molar refractivity (Wildman–Crippen MR) is 90.8 cm³/mol. The molecule has 1 aliphatic heterocycles. The van der Waals surface area contributed by atoms with Gasteiger partial charge in [-0.2, -0.15) is 0 Å². The Morgan fingerprint density at radius 2 is 2.04 bits per heavy atom. The Kier molecular flexibility index (Phi) is 4.73. The van der Waals surface area contributed by atoms with Gasteiger partial charge in [0.2, 0.25) is 0 Å². The second-order valence-electron chi connectivity index (χ2n) is 7.63. The van der Waals surface area contributed by atoms with Crippen LogP contribution in [0, 0.1) is 5.41 Å². The minimum Gasteiger partial charge on any atom is -0.388 e. The Morgan fingerprint density at radius 1 is 1.26 bits per heavy atom. The zero-order valence-electron chi connectivity index (χ0n) is 14.2. The molecule has 0 spiro atoms. The third-order valence-electron chi connectivity index (χ3n) is 4.89. The Bertz CT molecular complexity index is 531. The van der Waals surface area contributed by atoms with Crippen LogP contribution < -0.4 is 10.2 Å². The van der Waals surface area contributed by atoms with Crippen molar-refractivity contribution in [2.24, 2.45) is 5.41 Å². The van der Waals surface area contributed by atoms with Crippen LogP contribution in [0.5, 0.6) is 0 Å². The summed E-state index contributed by atoms with van der Waals surface area (Å²) >= 11 is 0. The summed E-state index contributed by atoms with van der Waals surface area (Å²) in [6, 6.07) is 1.96. The molecule has 2 heterocycles. The predicted octanol–water partition coefficient (Wildman–Crippen LogP) is 2.06. The molecule has 1 aromatic rings. The van der Waals surface area contributed by atoms with E-state index in [2.05, 4.69) is 34.0 Å². The van der Waals surface area contributed by atoms with Crippen LogP contribution in [0.25, 0.3) is 0 Å². The molecule has 2 fully saturated rings. The average molecular weight is 320 g/mol. The van der Waals surface area contributed by atoms with Crippen LogP contribution in [0.15, 0.2) is 12.4 Å². The third-order valence-corrected chi connectivity index (χ3v) is 4.89. The SMILES string of the molecule is CC1(C)CCC[C@](O)(CNc2cc(N3CCOCC3)ncn2)C1. The lowest BCUT2D eigenvalue weighted by Crippen LogP contribution is -2.44. The van der Waals surface area contributed by atoms with Crippen LogP contribution in [0.3, 0.4) is 0 Å². The molecule has 2 aliphatic rings. The van der Waals surface area contributed by atoms with Crippen LogP contribution in [0.1, 0.15) is 39.5 Å². The van der Waals surface area contributed by atoms with E-state index in [1.54, 1.807) is 6.33 Å². The number of nitrogens with zero attached hydrogens (tertiary/aromatic N) is 3. The molecule has 1 aromatic heterocycles. The molecule has 6 nitrogen and oxygen atoms in total. The highest BCUT2D eigenvalue weighted by Gasteiger charge is 2.38. The van der Waals surface area contributed by atoms with Crippen LogP contribution in [0.4, 0.5) is 11.6 Å². The number of anilines is 2. The van der Waals surface area contributed by atoms with Crippen molar-refractivity contribution in [3.05, 3.63) is 12.4 Å². The molecule has 128 valence electrons. The molecule has 3 rings (SSSR count). The first-order valence-corrected chi connectivity index (χ1v) is 8.57. The van der Waals surface area contributed by atoms with Gasteiger partial charge in [0.1, 0.15) is 18.0 Å². The number of aromatic nitrogens is 2. The van der Waals surface area contributed by atoms with Crippen molar-refractivity contribution in [3.8, 4) is 0 Å². The summed E-state index contributed by atoms with van der Waals surface area (Å²) < 4.78 is 5.38. The van der Waals surface area contributed by atoms with Crippen LogP contribution in [-0.2, 0) is 4.74 Å². The van der Waals surface area contributed by atoms with E-state index in [0.717, 1.165) is 57.2 Å². The highest BCUT2D eigenvalue weighted by molar-refractivity contribution is 5.48. The molecule has 0 unspecified atom stereocenters. The van der Waals surface area contributed by atoms with E-state index in [9.17, 15) is 5.11 Å². The number of rotatable bonds is 4. The molecule has 0 bridgehead atoms. The van der Waals surface area contributed by atoms with E-state index in [1.807, 2.05) is 6.07 Å². The molecule has 6 heteroatoms. The van der Waals surface area contributed by atoms with E-state index in [-0.39, 0.29) is 5.41 Å². The maximum atomic E-state index is 10.9. The van der Waals surface area contributed by atoms with Gasteiger partial charge < -0.3 is 20.1 Å². The zero-order chi connectivity index (χ0) is 16.3. The number of hydrogen-bond acceptors (Lipinski definition) is 6. The largest absolute Gasteiger partial charge is 0.388 e. The number of hydrogen-bond donors (Lipinski definition) is 2. The summed E-state index contributed by atoms with van der Waals surface area (Å²) in [5.41, 5.74) is -0.439. The van der Waals surface area contributed by atoms with E-state index >= 15 is 0 Å². The van der Waals surface area contributed by atoms with Crippen molar-refractivity contribution in [2.45, 2.75) is 45.1 Å². The average Bonchev–Trinajstić information content (AvgIpc) is 2.53. The molecule has 23 heavy (non-hydrogen) atoms. The van der Waals surface area contributed by atoms with Crippen molar-refractivity contribution < 1.29 is 9.84 Å². The maximum Gasteiger partial charge on any atom is 0.134 e. The van der Waals surface area contributed by atoms with E-state index in [0.29, 0.717) is 6.54 Å². The molecule has 0 aromatic carbocycles. The van der Waals surface area contributed by atoms with Gasteiger partial charge in [-0.05, 0) is 31.1 Å². The van der Waals surface area contributed by atoms with Gasteiger partial charge in [0.15, 0.2) is 0 Å². The van der Waals surface area contributed by atoms with E-state index in [4.69, 9.17) is 4.74 Å². The molecule has 1 saturated carbocycles. The highest BCUT2D eigenvalue weighted by Crippen LogP contribution is 2.40. The van der Waals surface area contributed by atoms with Crippen molar-refractivity contribution >= 4 is 11.6 Å². The highest BCUT2D eigenvalue weighted by atomic mass is 16.5. The van der Waals surface area contributed by atoms with E-state index < -0.39 is 5.60 Å². The lowest BCUT2D eigenvalue weighted by Gasteiger charge is -2.41. The Balaban J connectivity index is 1.61. The van der Waals surface area contributed by atoms with Crippen LogP contribution >= 0.6 is 0 Å². The molecular formula is C17H28N4O2. The van der Waals surface area contributed by atoms with Crippen molar-refractivity contribution in [1.29, 1.82) is 0 Å². The number of morpholine rings is 1. The fourth-order valence-electron chi connectivity index (χ4n) is 3.78. The molecule has 2 N–H and O–H groups in total. The van der Waals surface area contributed by atoms with Crippen LogP contribution in [-0.4, -0.2) is 53.5 Å². The van der Waals surface area contributed by atoms with Crippen LogP contribution in [0.2, 0.25) is 0 Å². The zero-order valence-corrected chi connectivity index (χ0v) is 14.2. The second kappa shape index (κ2) is 6.61. The van der Waals surface area contributed by atoms with Gasteiger partial charge in [-0.15, -0.1) is 0 Å². The first-order chi connectivity index (χ1) is 11.0. The second-order valence-corrected chi connectivity index (χ2v) is 7.63. The minimum absolute atomic E-state index is 0.208. The van der Waals surface area contributed by atoms with Gasteiger partial charge in [0.05, 0.1) is 18.8 Å². The Labute approximate surface area is 138 Å². The Hall–Kier alpha value is -1.40. The van der Waals surface area contributed by atoms with Gasteiger partial charge in [-0.1, -0.05) is 13.8 Å². The minimum atomic E-state index is -0.647. The molecule has 1 atom stereocenters. The van der Waals surface area contributed by atoms with E-state index in [1.165, 1.54) is 6.42 Å². The topological polar surface area (TPSA) is 70.5 Å². The molecule has 0 amide bonds. The fraction of sp³-hybridized carbons (Fsp3) is 0.765. The van der Waals surface area contributed by atoms with Gasteiger partial charge in [0.25, 0.3) is 0 Å². The summed E-state index contributed by atoms with van der Waals surface area (Å²) in [5, 5.41) is 14.2. The van der Waals surface area contributed by atoms with Crippen molar-refractivity contribution in [1.82, 2.24) is 9.97 Å². The monoisotopic (exact) mass is 320 g/mol. The molecule has 0 radical (unpaired) electrons. The summed E-state index contributed by atoms with van der Waals surface area (Å²) in [7, 11) is 0. The van der Waals surface area contributed by atoms with Crippen molar-refractivity contribution in [2.75, 3.05) is 43.1 Å². The first kappa shape index (κ1) is 16.5. The number of nitrogens with one attached hydrogen (secondary N) is 1. The molecule has 1 saturated heterocycles. The summed E-state index contributed by atoms with van der Waals surface area (Å²) in [4.78, 5) is 10.9. The lowest BCUT2D eigenvalue weighted by molar-refractivity contribution is -0.0278. The van der Waals surface area contributed by atoms with Gasteiger partial charge in [-0.25, -0.2) is 9.97 Å². The fourth-order valence-corrected chi connectivity index (χ4v) is 3.78. The lowest BCUT2D eigenvalue weighted by atomic mass is 9.70. The first-order valence-electron chi connectivity index (χ1n) is 8.57. The standard InChI is InChI=1S/C17H28N4O2/c1-16(2)4-3-5-17(22,11-16)12-18-14-10-15(20-13-19-14)21-6-8-23-9-7-21/h10,13,22H,3-9,11-12H2,1-2H3,(H,18,19,20)/t17-/m1/s1. The number of ether oxygens (including phenoxy) is 1.